The van der Waals surface area contributed by atoms with Gasteiger partial charge in [0.15, 0.2) is 0 Å². The second-order valence-electron chi connectivity index (χ2n) is 3.81. The molecule has 0 radical (unpaired) electrons. The van der Waals surface area contributed by atoms with Crippen LogP contribution in [0.15, 0.2) is 0 Å². The molecule has 0 spiro atoms. The monoisotopic (exact) mass is 172 g/mol. The molecule has 72 valence electrons. The number of ether oxygens (including phenoxy) is 1. The molecule has 0 aromatic heterocycles. The van der Waals surface area contributed by atoms with Gasteiger partial charge in [-0.05, 0) is 26.8 Å². The fourth-order valence-electron chi connectivity index (χ4n) is 1.44. The molecule has 0 aromatic rings. The van der Waals surface area contributed by atoms with Gasteiger partial charge in [0.05, 0.1) is 12.7 Å². The number of hydrogen-bond donors (Lipinski definition) is 1. The number of nitrogens with zero attached hydrogens (tertiary/aromatic N) is 1. The van der Waals surface area contributed by atoms with Gasteiger partial charge in [-0.15, -0.1) is 0 Å². The molecule has 1 atom stereocenters. The van der Waals surface area contributed by atoms with E-state index in [0.717, 1.165) is 25.9 Å². The first-order valence-electron chi connectivity index (χ1n) is 4.74. The Labute approximate surface area is 74.9 Å². The van der Waals surface area contributed by atoms with Crippen molar-refractivity contribution in [3.05, 3.63) is 0 Å². The van der Waals surface area contributed by atoms with E-state index in [2.05, 4.69) is 11.9 Å². The van der Waals surface area contributed by atoms with Gasteiger partial charge < -0.3 is 15.4 Å². The smallest absolute Gasteiger partial charge is 0.0618 e. The van der Waals surface area contributed by atoms with Crippen LogP contribution in [-0.4, -0.2) is 43.8 Å². The Hall–Kier alpha value is -0.120. The summed E-state index contributed by atoms with van der Waals surface area (Å²) in [6.07, 6.45) is 2.76. The summed E-state index contributed by atoms with van der Waals surface area (Å²) in [6, 6.07) is 0.171. The third kappa shape index (κ3) is 3.52. The van der Waals surface area contributed by atoms with Gasteiger partial charge in [-0.1, -0.05) is 0 Å². The first-order valence-corrected chi connectivity index (χ1v) is 4.74. The summed E-state index contributed by atoms with van der Waals surface area (Å²) in [4.78, 5) is 2.34. The first-order chi connectivity index (χ1) is 5.68. The largest absolute Gasteiger partial charge is 0.377 e. The normalized spacial score (nSPS) is 24.2. The number of rotatable bonds is 3. The topological polar surface area (TPSA) is 38.5 Å². The van der Waals surface area contributed by atoms with Gasteiger partial charge in [-0.25, -0.2) is 0 Å². The molecule has 1 rings (SSSR count). The Morgan fingerprint density at radius 1 is 1.50 bits per heavy atom. The lowest BCUT2D eigenvalue weighted by molar-refractivity contribution is 0.00787. The van der Waals surface area contributed by atoms with E-state index in [9.17, 15) is 0 Å². The van der Waals surface area contributed by atoms with E-state index in [4.69, 9.17) is 10.5 Å². The van der Waals surface area contributed by atoms with Crippen molar-refractivity contribution < 1.29 is 4.74 Å². The van der Waals surface area contributed by atoms with E-state index < -0.39 is 0 Å². The summed E-state index contributed by atoms with van der Waals surface area (Å²) < 4.78 is 5.64. The molecule has 0 unspecified atom stereocenters. The summed E-state index contributed by atoms with van der Waals surface area (Å²) >= 11 is 0. The van der Waals surface area contributed by atoms with Gasteiger partial charge in [0.25, 0.3) is 0 Å². The lowest BCUT2D eigenvalue weighted by atomic mass is 10.1. The van der Waals surface area contributed by atoms with Crippen LogP contribution in [0.4, 0.5) is 0 Å². The number of likely N-dealkylation sites (tertiary alicyclic amines) is 1. The van der Waals surface area contributed by atoms with Crippen LogP contribution in [0, 0.1) is 0 Å². The Morgan fingerprint density at radius 3 is 2.58 bits per heavy atom. The maximum absolute atomic E-state index is 5.64. The van der Waals surface area contributed by atoms with Crippen LogP contribution in [0.25, 0.3) is 0 Å². The fourth-order valence-corrected chi connectivity index (χ4v) is 1.44. The Kier molecular flexibility index (Phi) is 3.98. The molecular formula is C9H20N2O. The summed E-state index contributed by atoms with van der Waals surface area (Å²) in [5.74, 6) is 0. The van der Waals surface area contributed by atoms with Crippen molar-refractivity contribution in [2.45, 2.75) is 31.9 Å². The van der Waals surface area contributed by atoms with Gasteiger partial charge in [-0.2, -0.15) is 0 Å². The first kappa shape index (κ1) is 9.96. The SMILES string of the molecule is C[C@H](N)COC1CCN(C)CC1. The molecule has 12 heavy (non-hydrogen) atoms. The Balaban J connectivity index is 2.09. The molecule has 2 N–H and O–H groups in total. The van der Waals surface area contributed by atoms with Crippen LogP contribution in [0.5, 0.6) is 0 Å². The van der Waals surface area contributed by atoms with Gasteiger partial charge in [0, 0.05) is 19.1 Å². The summed E-state index contributed by atoms with van der Waals surface area (Å²) in [7, 11) is 2.15. The van der Waals surface area contributed by atoms with E-state index in [1.54, 1.807) is 0 Å². The molecule has 1 aliphatic heterocycles. The zero-order chi connectivity index (χ0) is 8.97. The van der Waals surface area contributed by atoms with E-state index in [1.165, 1.54) is 0 Å². The minimum Gasteiger partial charge on any atom is -0.377 e. The molecule has 1 fully saturated rings. The Morgan fingerprint density at radius 2 is 2.08 bits per heavy atom. The van der Waals surface area contributed by atoms with Crippen molar-refractivity contribution in [1.29, 1.82) is 0 Å². The van der Waals surface area contributed by atoms with E-state index in [0.29, 0.717) is 12.7 Å². The second-order valence-corrected chi connectivity index (χ2v) is 3.81. The maximum atomic E-state index is 5.64. The van der Waals surface area contributed by atoms with Crippen molar-refractivity contribution in [2.75, 3.05) is 26.7 Å². The molecule has 1 aliphatic rings. The highest BCUT2D eigenvalue weighted by Gasteiger charge is 2.16. The second kappa shape index (κ2) is 4.80. The average molecular weight is 172 g/mol. The summed E-state index contributed by atoms with van der Waals surface area (Å²) in [5.41, 5.74) is 5.60. The summed E-state index contributed by atoms with van der Waals surface area (Å²) in [5, 5.41) is 0. The van der Waals surface area contributed by atoms with Crippen molar-refractivity contribution in [2.24, 2.45) is 5.73 Å². The molecule has 0 aliphatic carbocycles. The Bertz CT molecular complexity index is 120. The van der Waals surface area contributed by atoms with Gasteiger partial charge in [0.1, 0.15) is 0 Å². The van der Waals surface area contributed by atoms with Crippen molar-refractivity contribution in [1.82, 2.24) is 4.90 Å². The molecule has 0 amide bonds. The van der Waals surface area contributed by atoms with E-state index >= 15 is 0 Å². The number of piperidine rings is 1. The minimum atomic E-state index is 0.171. The fraction of sp³-hybridized carbons (Fsp3) is 1.00. The molecule has 0 saturated carbocycles. The molecule has 3 heteroatoms. The zero-order valence-electron chi connectivity index (χ0n) is 8.12. The molecular weight excluding hydrogens is 152 g/mol. The van der Waals surface area contributed by atoms with Crippen LogP contribution < -0.4 is 5.73 Å². The minimum absolute atomic E-state index is 0.171. The highest BCUT2D eigenvalue weighted by atomic mass is 16.5. The predicted molar refractivity (Wildman–Crippen MR) is 50.1 cm³/mol. The highest BCUT2D eigenvalue weighted by Crippen LogP contribution is 2.11. The highest BCUT2D eigenvalue weighted by molar-refractivity contribution is 4.70. The molecule has 1 heterocycles. The van der Waals surface area contributed by atoms with Crippen molar-refractivity contribution in [3.63, 3.8) is 0 Å². The average Bonchev–Trinajstić information content (AvgIpc) is 2.03. The van der Waals surface area contributed by atoms with Gasteiger partial charge in [-0.3, -0.25) is 0 Å². The van der Waals surface area contributed by atoms with Crippen LogP contribution in [-0.2, 0) is 4.74 Å². The quantitative estimate of drug-likeness (QED) is 0.671. The lowest BCUT2D eigenvalue weighted by Crippen LogP contribution is -2.36. The molecule has 1 saturated heterocycles. The molecule has 0 bridgehead atoms. The zero-order valence-corrected chi connectivity index (χ0v) is 8.12. The van der Waals surface area contributed by atoms with Crippen molar-refractivity contribution >= 4 is 0 Å². The van der Waals surface area contributed by atoms with Crippen LogP contribution in [0.3, 0.4) is 0 Å². The lowest BCUT2D eigenvalue weighted by Gasteiger charge is -2.29. The number of nitrogens with two attached hydrogens (primary N) is 1. The third-order valence-corrected chi connectivity index (χ3v) is 2.26. The van der Waals surface area contributed by atoms with Crippen LogP contribution in [0.1, 0.15) is 19.8 Å². The standard InChI is InChI=1S/C9H20N2O/c1-8(10)7-12-9-3-5-11(2)6-4-9/h8-9H,3-7,10H2,1-2H3/t8-/m0/s1. The predicted octanol–water partition coefficient (Wildman–Crippen LogP) is 0.444. The maximum Gasteiger partial charge on any atom is 0.0618 e. The van der Waals surface area contributed by atoms with Gasteiger partial charge in [0.2, 0.25) is 0 Å². The van der Waals surface area contributed by atoms with Crippen LogP contribution >= 0.6 is 0 Å². The van der Waals surface area contributed by atoms with Crippen molar-refractivity contribution in [3.8, 4) is 0 Å². The molecule has 0 aromatic carbocycles. The molecule has 3 nitrogen and oxygen atoms in total. The van der Waals surface area contributed by atoms with Crippen LogP contribution in [0.2, 0.25) is 0 Å². The summed E-state index contributed by atoms with van der Waals surface area (Å²) in [6.45, 7) is 5.00. The third-order valence-electron chi connectivity index (χ3n) is 2.26. The number of hydrogen-bond acceptors (Lipinski definition) is 3. The van der Waals surface area contributed by atoms with E-state index in [1.807, 2.05) is 6.92 Å². The van der Waals surface area contributed by atoms with Gasteiger partial charge >= 0.3 is 0 Å². The van der Waals surface area contributed by atoms with E-state index in [-0.39, 0.29) is 6.04 Å².